The van der Waals surface area contributed by atoms with Crippen LogP contribution in [0.2, 0.25) is 0 Å². The van der Waals surface area contributed by atoms with E-state index in [4.69, 9.17) is 9.47 Å². The quantitative estimate of drug-likeness (QED) is 0.760. The zero-order valence-corrected chi connectivity index (χ0v) is 14.0. The first kappa shape index (κ1) is 19.0. The summed E-state index contributed by atoms with van der Waals surface area (Å²) in [4.78, 5) is 2.08. The van der Waals surface area contributed by atoms with E-state index >= 15 is 0 Å². The van der Waals surface area contributed by atoms with E-state index in [0.29, 0.717) is 26.2 Å². The summed E-state index contributed by atoms with van der Waals surface area (Å²) in [5, 5.41) is 10.1. The van der Waals surface area contributed by atoms with Gasteiger partial charge in [-0.25, -0.2) is 4.39 Å². The van der Waals surface area contributed by atoms with Gasteiger partial charge in [-0.1, -0.05) is 12.1 Å². The summed E-state index contributed by atoms with van der Waals surface area (Å²) in [5.41, 5.74) is 0.733. The molecule has 0 aliphatic heterocycles. The van der Waals surface area contributed by atoms with E-state index in [-0.39, 0.29) is 18.0 Å². The highest BCUT2D eigenvalue weighted by Crippen LogP contribution is 2.10. The van der Waals surface area contributed by atoms with Crippen LogP contribution in [-0.2, 0) is 16.0 Å². The van der Waals surface area contributed by atoms with Gasteiger partial charge in [0.1, 0.15) is 5.82 Å². The van der Waals surface area contributed by atoms with Crippen LogP contribution in [0.1, 0.15) is 26.3 Å². The molecular formula is C17H28FNO3. The molecule has 22 heavy (non-hydrogen) atoms. The van der Waals surface area contributed by atoms with Crippen LogP contribution >= 0.6 is 0 Å². The molecule has 0 radical (unpaired) electrons. The maximum absolute atomic E-state index is 13.0. The topological polar surface area (TPSA) is 41.9 Å². The summed E-state index contributed by atoms with van der Waals surface area (Å²) in [6.45, 7) is 8.56. The predicted molar refractivity (Wildman–Crippen MR) is 85.3 cm³/mol. The summed E-state index contributed by atoms with van der Waals surface area (Å²) in [7, 11) is 1.65. The van der Waals surface area contributed by atoms with Gasteiger partial charge in [0.05, 0.1) is 24.9 Å². The fraction of sp³-hybridized carbons (Fsp3) is 0.647. The van der Waals surface area contributed by atoms with Crippen LogP contribution in [0.5, 0.6) is 0 Å². The Bertz CT molecular complexity index is 417. The zero-order valence-electron chi connectivity index (χ0n) is 14.0. The molecule has 0 fully saturated rings. The third kappa shape index (κ3) is 8.44. The molecule has 0 aliphatic rings. The lowest BCUT2D eigenvalue weighted by Crippen LogP contribution is -2.38. The molecule has 0 saturated carbocycles. The molecular weight excluding hydrogens is 285 g/mol. The molecule has 0 bridgehead atoms. The van der Waals surface area contributed by atoms with E-state index in [1.807, 2.05) is 20.8 Å². The van der Waals surface area contributed by atoms with Crippen molar-refractivity contribution in [3.8, 4) is 0 Å². The van der Waals surface area contributed by atoms with Gasteiger partial charge in [-0.3, -0.25) is 4.90 Å². The van der Waals surface area contributed by atoms with Gasteiger partial charge in [0.2, 0.25) is 0 Å². The van der Waals surface area contributed by atoms with Crippen molar-refractivity contribution < 1.29 is 19.0 Å². The Morgan fingerprint density at radius 3 is 2.41 bits per heavy atom. The number of rotatable bonds is 9. The van der Waals surface area contributed by atoms with Crippen molar-refractivity contribution in [3.05, 3.63) is 35.6 Å². The SMILES string of the molecule is COCCN(Cc1ccc(F)cc1)C[C@H](O)COC(C)(C)C. The maximum Gasteiger partial charge on any atom is 0.123 e. The Morgan fingerprint density at radius 2 is 1.86 bits per heavy atom. The number of aliphatic hydroxyl groups excluding tert-OH is 1. The van der Waals surface area contributed by atoms with Gasteiger partial charge in [-0.15, -0.1) is 0 Å². The molecule has 0 aromatic heterocycles. The van der Waals surface area contributed by atoms with Crippen molar-refractivity contribution in [2.24, 2.45) is 0 Å². The summed E-state index contributed by atoms with van der Waals surface area (Å²) in [5.74, 6) is -0.245. The van der Waals surface area contributed by atoms with Crippen molar-refractivity contribution in [1.82, 2.24) is 4.90 Å². The molecule has 4 nitrogen and oxygen atoms in total. The predicted octanol–water partition coefficient (Wildman–Crippen LogP) is 2.45. The van der Waals surface area contributed by atoms with Crippen LogP contribution in [0, 0.1) is 5.82 Å². The molecule has 5 heteroatoms. The average molecular weight is 313 g/mol. The number of methoxy groups -OCH3 is 1. The lowest BCUT2D eigenvalue weighted by Gasteiger charge is -2.27. The molecule has 0 aliphatic carbocycles. The smallest absolute Gasteiger partial charge is 0.123 e. The fourth-order valence-corrected chi connectivity index (χ4v) is 2.00. The van der Waals surface area contributed by atoms with Crippen LogP contribution in [0.15, 0.2) is 24.3 Å². The van der Waals surface area contributed by atoms with E-state index in [2.05, 4.69) is 4.90 Å². The molecule has 1 aromatic rings. The standard InChI is InChI=1S/C17H28FNO3/c1-17(2,3)22-13-16(20)12-19(9-10-21-4)11-14-5-7-15(18)8-6-14/h5-8,16,20H,9-13H2,1-4H3/t16-/m0/s1. The minimum atomic E-state index is -0.573. The molecule has 126 valence electrons. The first-order valence-electron chi connectivity index (χ1n) is 7.58. The van der Waals surface area contributed by atoms with E-state index in [1.165, 1.54) is 12.1 Å². The van der Waals surface area contributed by atoms with Crippen molar-refractivity contribution in [3.63, 3.8) is 0 Å². The van der Waals surface area contributed by atoms with E-state index in [1.54, 1.807) is 19.2 Å². The Morgan fingerprint density at radius 1 is 1.23 bits per heavy atom. The Balaban J connectivity index is 2.54. The van der Waals surface area contributed by atoms with E-state index in [9.17, 15) is 9.50 Å². The second-order valence-electron chi connectivity index (χ2n) is 6.43. The number of nitrogens with zero attached hydrogens (tertiary/aromatic N) is 1. The molecule has 0 unspecified atom stereocenters. The fourth-order valence-electron chi connectivity index (χ4n) is 2.00. The average Bonchev–Trinajstić information content (AvgIpc) is 2.44. The third-order valence-electron chi connectivity index (χ3n) is 3.11. The summed E-state index contributed by atoms with van der Waals surface area (Å²) < 4.78 is 23.7. The highest BCUT2D eigenvalue weighted by molar-refractivity contribution is 5.15. The zero-order chi connectivity index (χ0) is 16.6. The molecule has 1 rings (SSSR count). The number of hydrogen-bond acceptors (Lipinski definition) is 4. The Labute approximate surface area is 132 Å². The van der Waals surface area contributed by atoms with E-state index < -0.39 is 6.10 Å². The normalized spacial score (nSPS) is 13.6. The lowest BCUT2D eigenvalue weighted by atomic mass is 10.2. The lowest BCUT2D eigenvalue weighted by molar-refractivity contribution is -0.0576. The first-order valence-corrected chi connectivity index (χ1v) is 7.58. The van der Waals surface area contributed by atoms with Crippen LogP contribution in [0.25, 0.3) is 0 Å². The number of benzene rings is 1. The molecule has 0 heterocycles. The van der Waals surface area contributed by atoms with Crippen molar-refractivity contribution in [2.45, 2.75) is 39.0 Å². The Hall–Kier alpha value is -1.01. The Kier molecular flexibility index (Phi) is 7.96. The van der Waals surface area contributed by atoms with Crippen molar-refractivity contribution in [2.75, 3.05) is 33.4 Å². The first-order chi connectivity index (χ1) is 10.3. The second kappa shape index (κ2) is 9.20. The van der Waals surface area contributed by atoms with Crippen LogP contribution in [0.3, 0.4) is 0 Å². The van der Waals surface area contributed by atoms with Gasteiger partial charge in [0.25, 0.3) is 0 Å². The largest absolute Gasteiger partial charge is 0.389 e. The van der Waals surface area contributed by atoms with Crippen LogP contribution in [0.4, 0.5) is 4.39 Å². The summed E-state index contributed by atoms with van der Waals surface area (Å²) in [6, 6.07) is 6.41. The third-order valence-corrected chi connectivity index (χ3v) is 3.11. The van der Waals surface area contributed by atoms with Gasteiger partial charge >= 0.3 is 0 Å². The summed E-state index contributed by atoms with van der Waals surface area (Å²) in [6.07, 6.45) is -0.573. The minimum absolute atomic E-state index is 0.245. The van der Waals surface area contributed by atoms with E-state index in [0.717, 1.165) is 5.56 Å². The highest BCUT2D eigenvalue weighted by Gasteiger charge is 2.16. The minimum Gasteiger partial charge on any atom is -0.389 e. The number of aliphatic hydroxyl groups is 1. The van der Waals surface area contributed by atoms with Gasteiger partial charge in [0, 0.05) is 26.7 Å². The maximum atomic E-state index is 13.0. The molecule has 0 spiro atoms. The summed E-state index contributed by atoms with van der Waals surface area (Å²) >= 11 is 0. The van der Waals surface area contributed by atoms with Gasteiger partial charge in [-0.05, 0) is 38.5 Å². The highest BCUT2D eigenvalue weighted by atomic mass is 19.1. The molecule has 0 saturated heterocycles. The molecule has 1 aromatic carbocycles. The number of halogens is 1. The molecule has 0 amide bonds. The van der Waals surface area contributed by atoms with Crippen molar-refractivity contribution in [1.29, 1.82) is 0 Å². The number of ether oxygens (including phenoxy) is 2. The molecule has 1 atom stereocenters. The number of hydrogen-bond donors (Lipinski definition) is 1. The van der Waals surface area contributed by atoms with Crippen LogP contribution < -0.4 is 0 Å². The van der Waals surface area contributed by atoms with Crippen molar-refractivity contribution >= 4 is 0 Å². The van der Waals surface area contributed by atoms with Gasteiger partial charge < -0.3 is 14.6 Å². The van der Waals surface area contributed by atoms with Gasteiger partial charge in [-0.2, -0.15) is 0 Å². The van der Waals surface area contributed by atoms with Crippen LogP contribution in [-0.4, -0.2) is 55.1 Å². The second-order valence-corrected chi connectivity index (χ2v) is 6.43. The monoisotopic (exact) mass is 313 g/mol. The van der Waals surface area contributed by atoms with Gasteiger partial charge in [0.15, 0.2) is 0 Å². The molecule has 1 N–H and O–H groups in total.